The molecule has 1 heterocycles. The molecule has 0 saturated carbocycles. The molecule has 26 heavy (non-hydrogen) atoms. The number of benzene rings is 2. The lowest BCUT2D eigenvalue weighted by molar-refractivity contribution is -0.120. The van der Waals surface area contributed by atoms with Gasteiger partial charge >= 0.3 is 0 Å². The topological polar surface area (TPSA) is 64.4 Å². The molecule has 0 aliphatic carbocycles. The van der Waals surface area contributed by atoms with Gasteiger partial charge in [-0.05, 0) is 42.2 Å². The number of nitrogens with two attached hydrogens (primary N) is 1. The van der Waals surface area contributed by atoms with Crippen molar-refractivity contribution in [2.45, 2.75) is 24.7 Å². The Labute approximate surface area is 165 Å². The third-order valence-corrected chi connectivity index (χ3v) is 5.19. The highest BCUT2D eigenvalue weighted by molar-refractivity contribution is 6.31. The maximum absolute atomic E-state index is 12.4. The van der Waals surface area contributed by atoms with Gasteiger partial charge in [-0.2, -0.15) is 0 Å². The molecule has 0 unspecified atom stereocenters. The van der Waals surface area contributed by atoms with Gasteiger partial charge in [-0.25, -0.2) is 0 Å². The van der Waals surface area contributed by atoms with Gasteiger partial charge in [0.25, 0.3) is 0 Å². The van der Waals surface area contributed by atoms with E-state index < -0.39 is 0 Å². The van der Waals surface area contributed by atoms with Crippen molar-refractivity contribution >= 4 is 35.6 Å². The highest BCUT2D eigenvalue weighted by atomic mass is 35.5. The van der Waals surface area contributed by atoms with Gasteiger partial charge in [0.05, 0.1) is 6.42 Å². The summed E-state index contributed by atoms with van der Waals surface area (Å²) >= 11 is 6.44. The van der Waals surface area contributed by atoms with Gasteiger partial charge in [0.15, 0.2) is 0 Å². The van der Waals surface area contributed by atoms with Crippen molar-refractivity contribution in [1.82, 2.24) is 5.32 Å². The number of hydrogen-bond donors (Lipinski definition) is 2. The molecule has 2 aromatic rings. The zero-order valence-corrected chi connectivity index (χ0v) is 16.1. The van der Waals surface area contributed by atoms with Crippen molar-refractivity contribution in [1.29, 1.82) is 0 Å². The van der Waals surface area contributed by atoms with E-state index in [2.05, 4.69) is 11.4 Å². The van der Waals surface area contributed by atoms with Crippen LogP contribution in [0.25, 0.3) is 0 Å². The number of nitrogen functional groups attached to an aromatic ring is 1. The molecule has 0 atom stereocenters. The van der Waals surface area contributed by atoms with Crippen molar-refractivity contribution in [2.24, 2.45) is 0 Å². The SMILES string of the molecule is Cl.Nc1ccc(CC(=O)NCC2(c3ccccc3Cl)CCOCC2)cc1. The van der Waals surface area contributed by atoms with Crippen LogP contribution < -0.4 is 11.1 Å². The van der Waals surface area contributed by atoms with E-state index in [1.54, 1.807) is 0 Å². The molecule has 3 rings (SSSR count). The Morgan fingerprint density at radius 3 is 2.42 bits per heavy atom. The molecule has 140 valence electrons. The first-order valence-corrected chi connectivity index (χ1v) is 8.91. The Balaban J connectivity index is 0.00000243. The number of ether oxygens (including phenoxy) is 1. The third-order valence-electron chi connectivity index (χ3n) is 4.86. The van der Waals surface area contributed by atoms with E-state index >= 15 is 0 Å². The second-order valence-corrected chi connectivity index (χ2v) is 6.97. The fourth-order valence-electron chi connectivity index (χ4n) is 3.35. The van der Waals surface area contributed by atoms with Crippen molar-refractivity contribution in [3.05, 3.63) is 64.7 Å². The highest BCUT2D eigenvalue weighted by Gasteiger charge is 2.36. The van der Waals surface area contributed by atoms with E-state index in [4.69, 9.17) is 22.1 Å². The van der Waals surface area contributed by atoms with Gasteiger partial charge in [0.1, 0.15) is 0 Å². The molecule has 1 aliphatic rings. The first kappa shape index (κ1) is 20.6. The lowest BCUT2D eigenvalue weighted by atomic mass is 9.74. The normalized spacial score (nSPS) is 15.7. The van der Waals surface area contributed by atoms with Crippen LogP contribution in [0.5, 0.6) is 0 Å². The van der Waals surface area contributed by atoms with Gasteiger partial charge in [0, 0.05) is 35.9 Å². The summed E-state index contributed by atoms with van der Waals surface area (Å²) in [6, 6.07) is 15.3. The highest BCUT2D eigenvalue weighted by Crippen LogP contribution is 2.38. The first-order valence-electron chi connectivity index (χ1n) is 8.53. The van der Waals surface area contributed by atoms with Gasteiger partial charge < -0.3 is 15.8 Å². The van der Waals surface area contributed by atoms with Crippen LogP contribution in [-0.2, 0) is 21.4 Å². The van der Waals surface area contributed by atoms with E-state index in [1.165, 1.54) is 0 Å². The minimum Gasteiger partial charge on any atom is -0.399 e. The molecule has 1 fully saturated rings. The third kappa shape index (κ3) is 4.91. The summed E-state index contributed by atoms with van der Waals surface area (Å²) in [7, 11) is 0. The van der Waals surface area contributed by atoms with Crippen molar-refractivity contribution < 1.29 is 9.53 Å². The number of amides is 1. The molecule has 0 aromatic heterocycles. The van der Waals surface area contributed by atoms with Gasteiger partial charge in [-0.1, -0.05) is 41.9 Å². The summed E-state index contributed by atoms with van der Waals surface area (Å²) in [5.41, 5.74) is 8.25. The van der Waals surface area contributed by atoms with Crippen molar-refractivity contribution in [3.8, 4) is 0 Å². The lowest BCUT2D eigenvalue weighted by Gasteiger charge is -2.38. The first-order chi connectivity index (χ1) is 12.1. The Morgan fingerprint density at radius 1 is 1.12 bits per heavy atom. The summed E-state index contributed by atoms with van der Waals surface area (Å²) < 4.78 is 5.53. The fraction of sp³-hybridized carbons (Fsp3) is 0.350. The summed E-state index contributed by atoms with van der Waals surface area (Å²) in [6.45, 7) is 1.92. The monoisotopic (exact) mass is 394 g/mol. The summed E-state index contributed by atoms with van der Waals surface area (Å²) in [6.07, 6.45) is 2.03. The zero-order valence-electron chi connectivity index (χ0n) is 14.5. The van der Waals surface area contributed by atoms with Crippen LogP contribution in [-0.4, -0.2) is 25.7 Å². The van der Waals surface area contributed by atoms with Gasteiger partial charge in [0.2, 0.25) is 5.91 Å². The van der Waals surface area contributed by atoms with Crippen LogP contribution >= 0.6 is 24.0 Å². The number of rotatable bonds is 5. The van der Waals surface area contributed by atoms with E-state index in [1.807, 2.05) is 42.5 Å². The second kappa shape index (κ2) is 9.26. The molecule has 1 aliphatic heterocycles. The Kier molecular flexibility index (Phi) is 7.33. The summed E-state index contributed by atoms with van der Waals surface area (Å²) in [5, 5.41) is 3.85. The lowest BCUT2D eigenvalue weighted by Crippen LogP contribution is -2.45. The van der Waals surface area contributed by atoms with Crippen LogP contribution in [0.15, 0.2) is 48.5 Å². The Bertz CT molecular complexity index is 729. The van der Waals surface area contributed by atoms with E-state index in [0.717, 1.165) is 29.0 Å². The van der Waals surface area contributed by atoms with Gasteiger partial charge in [-0.15, -0.1) is 12.4 Å². The van der Waals surface area contributed by atoms with E-state index in [0.29, 0.717) is 31.9 Å². The summed E-state index contributed by atoms with van der Waals surface area (Å²) in [5.74, 6) is 0.00249. The molecule has 0 radical (unpaired) electrons. The minimum absolute atomic E-state index is 0. The maximum atomic E-state index is 12.4. The predicted molar refractivity (Wildman–Crippen MR) is 108 cm³/mol. The Hall–Kier alpha value is -1.75. The molecule has 0 bridgehead atoms. The van der Waals surface area contributed by atoms with E-state index in [-0.39, 0.29) is 23.7 Å². The number of carbonyl (C=O) groups is 1. The Morgan fingerprint density at radius 2 is 1.77 bits per heavy atom. The van der Waals surface area contributed by atoms with Gasteiger partial charge in [-0.3, -0.25) is 4.79 Å². The number of anilines is 1. The number of nitrogens with one attached hydrogen (secondary N) is 1. The van der Waals surface area contributed by atoms with Crippen molar-refractivity contribution in [2.75, 3.05) is 25.5 Å². The van der Waals surface area contributed by atoms with Crippen LogP contribution in [0.4, 0.5) is 5.69 Å². The quantitative estimate of drug-likeness (QED) is 0.758. The molecule has 0 spiro atoms. The largest absolute Gasteiger partial charge is 0.399 e. The minimum atomic E-state index is -0.173. The zero-order chi connectivity index (χ0) is 17.7. The molecule has 2 aromatic carbocycles. The molecule has 4 nitrogen and oxygen atoms in total. The average Bonchev–Trinajstić information content (AvgIpc) is 2.63. The molecular weight excluding hydrogens is 371 g/mol. The van der Waals surface area contributed by atoms with Crippen LogP contribution in [0.2, 0.25) is 5.02 Å². The second-order valence-electron chi connectivity index (χ2n) is 6.57. The number of carbonyl (C=O) groups excluding carboxylic acids is 1. The molecule has 1 amide bonds. The predicted octanol–water partition coefficient (Wildman–Crippen LogP) is 3.75. The molecular formula is C20H24Cl2N2O2. The molecule has 1 saturated heterocycles. The maximum Gasteiger partial charge on any atom is 0.224 e. The fourth-order valence-corrected chi connectivity index (χ4v) is 3.68. The number of hydrogen-bond acceptors (Lipinski definition) is 3. The smallest absolute Gasteiger partial charge is 0.224 e. The van der Waals surface area contributed by atoms with E-state index in [9.17, 15) is 4.79 Å². The average molecular weight is 395 g/mol. The number of halogens is 2. The standard InChI is InChI=1S/C20H23ClN2O2.ClH/c21-18-4-2-1-3-17(18)20(9-11-25-12-10-20)14-23-19(24)13-15-5-7-16(22)8-6-15;/h1-8H,9-14,22H2,(H,23,24);1H. The van der Waals surface area contributed by atoms with Crippen LogP contribution in [0, 0.1) is 0 Å². The van der Waals surface area contributed by atoms with Crippen LogP contribution in [0.1, 0.15) is 24.0 Å². The van der Waals surface area contributed by atoms with Crippen molar-refractivity contribution in [3.63, 3.8) is 0 Å². The summed E-state index contributed by atoms with van der Waals surface area (Å²) in [4.78, 5) is 12.4. The van der Waals surface area contributed by atoms with Crippen LogP contribution in [0.3, 0.4) is 0 Å². The molecule has 3 N–H and O–H groups in total. The molecule has 6 heteroatoms.